The summed E-state index contributed by atoms with van der Waals surface area (Å²) in [6.45, 7) is 2.34. The summed E-state index contributed by atoms with van der Waals surface area (Å²) in [5.41, 5.74) is 6.08. The Morgan fingerprint density at radius 2 is 2.38 bits per heavy atom. The molecule has 0 aromatic rings. The van der Waals surface area contributed by atoms with Crippen LogP contribution in [-0.4, -0.2) is 18.1 Å². The molecule has 3 nitrogen and oxygen atoms in total. The van der Waals surface area contributed by atoms with Crippen molar-refractivity contribution in [2.75, 3.05) is 6.61 Å². The summed E-state index contributed by atoms with van der Waals surface area (Å²) in [6, 6.07) is 0. The van der Waals surface area contributed by atoms with E-state index in [1.165, 1.54) is 0 Å². The largest absolute Gasteiger partial charge is 0.466 e. The van der Waals surface area contributed by atoms with E-state index in [1.54, 1.807) is 0 Å². The zero-order valence-electron chi connectivity index (χ0n) is 8.08. The molecule has 0 amide bonds. The summed E-state index contributed by atoms with van der Waals surface area (Å²) < 4.78 is 5.03. The van der Waals surface area contributed by atoms with Gasteiger partial charge in [-0.1, -0.05) is 0 Å². The Bertz CT molecular complexity index is 229. The van der Waals surface area contributed by atoms with Gasteiger partial charge in [-0.25, -0.2) is 0 Å². The number of esters is 1. The number of ether oxygens (including phenoxy) is 1. The first kappa shape index (κ1) is 9.00. The van der Waals surface area contributed by atoms with Crippen molar-refractivity contribution in [3.8, 4) is 0 Å². The van der Waals surface area contributed by atoms with Crippen LogP contribution in [0.25, 0.3) is 0 Å². The van der Waals surface area contributed by atoms with Crippen molar-refractivity contribution in [3.63, 3.8) is 0 Å². The van der Waals surface area contributed by atoms with Crippen molar-refractivity contribution in [1.82, 2.24) is 0 Å². The minimum Gasteiger partial charge on any atom is -0.466 e. The van der Waals surface area contributed by atoms with E-state index in [9.17, 15) is 4.79 Å². The lowest BCUT2D eigenvalue weighted by Gasteiger charge is -2.24. The lowest BCUT2D eigenvalue weighted by Crippen LogP contribution is -2.37. The normalized spacial score (nSPS) is 42.3. The molecule has 2 N–H and O–H groups in total. The summed E-state index contributed by atoms with van der Waals surface area (Å²) in [6.07, 6.45) is 4.07. The number of fused-ring (bicyclic) bond motifs is 2. The van der Waals surface area contributed by atoms with Gasteiger partial charge in [-0.3, -0.25) is 4.79 Å². The third-order valence-electron chi connectivity index (χ3n) is 3.47. The fourth-order valence-electron chi connectivity index (χ4n) is 2.86. The molecular weight excluding hydrogens is 166 g/mol. The van der Waals surface area contributed by atoms with Gasteiger partial charge in [-0.05, 0) is 38.5 Å². The fraction of sp³-hybridized carbons (Fsp3) is 0.900. The van der Waals surface area contributed by atoms with E-state index in [0.717, 1.165) is 25.7 Å². The number of carbonyl (C=O) groups is 1. The van der Waals surface area contributed by atoms with Gasteiger partial charge in [0.15, 0.2) is 0 Å². The van der Waals surface area contributed by atoms with Crippen molar-refractivity contribution >= 4 is 5.97 Å². The number of hydrogen-bond acceptors (Lipinski definition) is 3. The molecule has 0 unspecified atom stereocenters. The number of carbonyl (C=O) groups excluding carboxylic acids is 1. The monoisotopic (exact) mass is 183 g/mol. The average Bonchev–Trinajstić information content (AvgIpc) is 2.59. The van der Waals surface area contributed by atoms with Crippen molar-refractivity contribution in [1.29, 1.82) is 0 Å². The predicted molar refractivity (Wildman–Crippen MR) is 49.0 cm³/mol. The Labute approximate surface area is 78.6 Å². The molecule has 13 heavy (non-hydrogen) atoms. The van der Waals surface area contributed by atoms with Gasteiger partial charge in [0.1, 0.15) is 0 Å². The van der Waals surface area contributed by atoms with Crippen molar-refractivity contribution in [2.45, 2.75) is 38.1 Å². The highest BCUT2D eigenvalue weighted by Crippen LogP contribution is 2.50. The van der Waals surface area contributed by atoms with Gasteiger partial charge in [0, 0.05) is 5.54 Å². The van der Waals surface area contributed by atoms with Gasteiger partial charge in [-0.2, -0.15) is 0 Å². The zero-order chi connectivity index (χ0) is 9.47. The lowest BCUT2D eigenvalue weighted by atomic mass is 9.86. The second kappa shape index (κ2) is 2.98. The smallest absolute Gasteiger partial charge is 0.309 e. The van der Waals surface area contributed by atoms with Crippen LogP contribution >= 0.6 is 0 Å². The van der Waals surface area contributed by atoms with E-state index in [0.29, 0.717) is 12.5 Å². The van der Waals surface area contributed by atoms with Crippen LogP contribution in [0.1, 0.15) is 32.6 Å². The molecule has 2 saturated carbocycles. The second-order valence-electron chi connectivity index (χ2n) is 4.43. The average molecular weight is 183 g/mol. The molecule has 0 spiro atoms. The first-order chi connectivity index (χ1) is 6.14. The van der Waals surface area contributed by atoms with E-state index in [2.05, 4.69) is 0 Å². The van der Waals surface area contributed by atoms with Gasteiger partial charge < -0.3 is 10.5 Å². The van der Waals surface area contributed by atoms with E-state index in [4.69, 9.17) is 10.5 Å². The Morgan fingerprint density at radius 3 is 2.85 bits per heavy atom. The topological polar surface area (TPSA) is 52.3 Å². The van der Waals surface area contributed by atoms with Crippen LogP contribution in [0.5, 0.6) is 0 Å². The Balaban J connectivity index is 2.00. The quantitative estimate of drug-likeness (QED) is 0.651. The molecule has 2 bridgehead atoms. The number of nitrogens with two attached hydrogens (primary N) is 1. The molecule has 2 rings (SSSR count). The number of hydrogen-bond donors (Lipinski definition) is 1. The molecule has 2 aliphatic rings. The van der Waals surface area contributed by atoms with E-state index in [1.807, 2.05) is 6.92 Å². The van der Waals surface area contributed by atoms with Gasteiger partial charge in [-0.15, -0.1) is 0 Å². The molecule has 3 atom stereocenters. The second-order valence-corrected chi connectivity index (χ2v) is 4.43. The van der Waals surface area contributed by atoms with Crippen LogP contribution in [0.15, 0.2) is 0 Å². The molecular formula is C10H17NO2. The molecule has 0 radical (unpaired) electrons. The van der Waals surface area contributed by atoms with Crippen LogP contribution in [0.4, 0.5) is 0 Å². The minimum atomic E-state index is -0.0396. The summed E-state index contributed by atoms with van der Waals surface area (Å²) in [5, 5.41) is 0. The third kappa shape index (κ3) is 1.46. The summed E-state index contributed by atoms with van der Waals surface area (Å²) in [5.74, 6) is 0.572. The van der Waals surface area contributed by atoms with Crippen LogP contribution in [0.3, 0.4) is 0 Å². The van der Waals surface area contributed by atoms with Crippen molar-refractivity contribution < 1.29 is 9.53 Å². The molecule has 2 aliphatic carbocycles. The first-order valence-electron chi connectivity index (χ1n) is 5.10. The van der Waals surface area contributed by atoms with Crippen LogP contribution in [0, 0.1) is 11.8 Å². The maximum absolute atomic E-state index is 11.5. The summed E-state index contributed by atoms with van der Waals surface area (Å²) >= 11 is 0. The van der Waals surface area contributed by atoms with E-state index >= 15 is 0 Å². The lowest BCUT2D eigenvalue weighted by molar-refractivity contribution is -0.149. The first-order valence-corrected chi connectivity index (χ1v) is 5.10. The maximum Gasteiger partial charge on any atom is 0.309 e. The Hall–Kier alpha value is -0.570. The fourth-order valence-corrected chi connectivity index (χ4v) is 2.86. The van der Waals surface area contributed by atoms with E-state index < -0.39 is 0 Å². The molecule has 3 heteroatoms. The molecule has 0 aromatic carbocycles. The van der Waals surface area contributed by atoms with Gasteiger partial charge in [0.05, 0.1) is 12.5 Å². The van der Waals surface area contributed by atoms with Crippen molar-refractivity contribution in [2.24, 2.45) is 17.6 Å². The highest BCUT2D eigenvalue weighted by atomic mass is 16.5. The predicted octanol–water partition coefficient (Wildman–Crippen LogP) is 1.07. The molecule has 74 valence electrons. The molecule has 2 fully saturated rings. The standard InChI is InChI=1S/C10H17NO2/c1-2-13-9(12)8-6-10(11)4-3-7(8)5-10/h7-8H,2-6,11H2,1H3/t7-,8+,10+/m0/s1. The SMILES string of the molecule is CCOC(=O)[C@@H]1C[C@@]2(N)CC[C@H]1C2. The molecule has 0 aliphatic heterocycles. The molecule has 0 saturated heterocycles. The van der Waals surface area contributed by atoms with Gasteiger partial charge in [0.25, 0.3) is 0 Å². The molecule has 0 heterocycles. The van der Waals surface area contributed by atoms with Gasteiger partial charge in [0.2, 0.25) is 0 Å². The Kier molecular flexibility index (Phi) is 2.06. The van der Waals surface area contributed by atoms with Crippen LogP contribution in [-0.2, 0) is 9.53 Å². The van der Waals surface area contributed by atoms with Crippen LogP contribution in [0.2, 0.25) is 0 Å². The van der Waals surface area contributed by atoms with Crippen molar-refractivity contribution in [3.05, 3.63) is 0 Å². The molecule has 0 aromatic heterocycles. The highest BCUT2D eigenvalue weighted by Gasteiger charge is 2.51. The van der Waals surface area contributed by atoms with Crippen LogP contribution < -0.4 is 5.73 Å². The minimum absolute atomic E-state index is 0.0282. The number of rotatable bonds is 2. The third-order valence-corrected chi connectivity index (χ3v) is 3.47. The summed E-state index contributed by atoms with van der Waals surface area (Å²) in [7, 11) is 0. The highest BCUT2D eigenvalue weighted by molar-refractivity contribution is 5.73. The van der Waals surface area contributed by atoms with Gasteiger partial charge >= 0.3 is 5.97 Å². The summed E-state index contributed by atoms with van der Waals surface area (Å²) in [4.78, 5) is 11.5. The Morgan fingerprint density at radius 1 is 1.62 bits per heavy atom. The maximum atomic E-state index is 11.5. The zero-order valence-corrected chi connectivity index (χ0v) is 8.08. The van der Waals surface area contributed by atoms with E-state index in [-0.39, 0.29) is 17.4 Å².